The van der Waals surface area contributed by atoms with E-state index in [0.29, 0.717) is 35.1 Å². The number of ether oxygens (including phenoxy) is 1. The van der Waals surface area contributed by atoms with E-state index in [1.807, 2.05) is 0 Å². The molecular formula is C21H21F2N3O4S2. The van der Waals surface area contributed by atoms with Gasteiger partial charge < -0.3 is 4.74 Å². The van der Waals surface area contributed by atoms with E-state index in [9.17, 15) is 22.0 Å². The zero-order valence-corrected chi connectivity index (χ0v) is 18.9. The van der Waals surface area contributed by atoms with E-state index >= 15 is 0 Å². The van der Waals surface area contributed by atoms with E-state index in [-0.39, 0.29) is 17.0 Å². The van der Waals surface area contributed by atoms with Crippen LogP contribution in [0.5, 0.6) is 0 Å². The summed E-state index contributed by atoms with van der Waals surface area (Å²) in [5.74, 6) is -2.65. The number of sulfone groups is 1. The first-order valence-corrected chi connectivity index (χ1v) is 12.6. The molecule has 0 N–H and O–H groups in total. The number of hydrogen-bond acceptors (Lipinski definition) is 7. The van der Waals surface area contributed by atoms with Gasteiger partial charge in [-0.05, 0) is 36.4 Å². The maximum atomic E-state index is 13.8. The van der Waals surface area contributed by atoms with Gasteiger partial charge in [-0.15, -0.1) is 0 Å². The van der Waals surface area contributed by atoms with Crippen LogP contribution in [-0.2, 0) is 14.6 Å². The molecule has 0 atom stereocenters. The summed E-state index contributed by atoms with van der Waals surface area (Å²) in [6, 6.07) is 7.60. The third kappa shape index (κ3) is 4.96. The first-order valence-electron chi connectivity index (χ1n) is 9.90. The molecule has 1 aromatic heterocycles. The number of hydrogen-bond donors (Lipinski definition) is 0. The van der Waals surface area contributed by atoms with Crippen molar-refractivity contribution in [3.8, 4) is 0 Å². The number of halogens is 2. The summed E-state index contributed by atoms with van der Waals surface area (Å²) in [6.45, 7) is 3.48. The fraction of sp³-hybridized carbons (Fsp3) is 0.333. The minimum atomic E-state index is -3.40. The van der Waals surface area contributed by atoms with Crippen molar-refractivity contribution in [3.63, 3.8) is 0 Å². The molecule has 2 heterocycles. The minimum absolute atomic E-state index is 0.00181. The quantitative estimate of drug-likeness (QED) is 0.539. The maximum absolute atomic E-state index is 13.8. The molecule has 0 unspecified atom stereocenters. The Morgan fingerprint density at radius 1 is 1.16 bits per heavy atom. The van der Waals surface area contributed by atoms with E-state index in [0.717, 1.165) is 31.5 Å². The van der Waals surface area contributed by atoms with Gasteiger partial charge in [-0.25, -0.2) is 22.2 Å². The van der Waals surface area contributed by atoms with Crippen molar-refractivity contribution in [1.82, 2.24) is 9.88 Å². The van der Waals surface area contributed by atoms with Crippen LogP contribution in [0.2, 0.25) is 0 Å². The summed E-state index contributed by atoms with van der Waals surface area (Å²) >= 11 is 1.17. The van der Waals surface area contributed by atoms with Gasteiger partial charge in [0.15, 0.2) is 26.6 Å². The highest BCUT2D eigenvalue weighted by molar-refractivity contribution is 7.90. The largest absolute Gasteiger partial charge is 0.379 e. The maximum Gasteiger partial charge on any atom is 0.260 e. The van der Waals surface area contributed by atoms with Crippen molar-refractivity contribution in [2.75, 3.05) is 50.5 Å². The topological polar surface area (TPSA) is 79.8 Å². The molecule has 2 aromatic carbocycles. The second kappa shape index (κ2) is 9.18. The van der Waals surface area contributed by atoms with Crippen molar-refractivity contribution in [2.24, 2.45) is 0 Å². The Balaban J connectivity index is 1.68. The van der Waals surface area contributed by atoms with Gasteiger partial charge in [0.1, 0.15) is 0 Å². The Bertz CT molecular complexity index is 1260. The fourth-order valence-electron chi connectivity index (χ4n) is 3.37. The lowest BCUT2D eigenvalue weighted by Crippen LogP contribution is -2.43. The van der Waals surface area contributed by atoms with Crippen LogP contribution in [0.15, 0.2) is 41.3 Å². The molecular weight excluding hydrogens is 460 g/mol. The SMILES string of the molecule is CS(=O)(=O)c1ccc2nc(N(CCN3CCOCC3)C(=O)c3ccc(F)c(F)c3)sc2c1. The highest BCUT2D eigenvalue weighted by Gasteiger charge is 2.24. The number of carbonyl (C=O) groups excluding carboxylic acids is 1. The van der Waals surface area contributed by atoms with Gasteiger partial charge in [0, 0.05) is 38.0 Å². The molecule has 0 saturated carbocycles. The monoisotopic (exact) mass is 481 g/mol. The highest BCUT2D eigenvalue weighted by atomic mass is 32.2. The lowest BCUT2D eigenvalue weighted by Gasteiger charge is -2.29. The van der Waals surface area contributed by atoms with E-state index in [1.165, 1.54) is 34.4 Å². The number of fused-ring (bicyclic) bond motifs is 1. The molecule has 3 aromatic rings. The molecule has 0 spiro atoms. The van der Waals surface area contributed by atoms with E-state index in [2.05, 4.69) is 9.88 Å². The van der Waals surface area contributed by atoms with Crippen LogP contribution >= 0.6 is 11.3 Å². The third-order valence-electron chi connectivity index (χ3n) is 5.16. The van der Waals surface area contributed by atoms with Gasteiger partial charge in [0.25, 0.3) is 5.91 Å². The molecule has 1 fully saturated rings. The van der Waals surface area contributed by atoms with Gasteiger partial charge in [-0.3, -0.25) is 14.6 Å². The summed E-state index contributed by atoms with van der Waals surface area (Å²) in [5.41, 5.74) is 0.550. The molecule has 11 heteroatoms. The van der Waals surface area contributed by atoms with Gasteiger partial charge in [-0.2, -0.15) is 0 Å². The number of aromatic nitrogens is 1. The van der Waals surface area contributed by atoms with E-state index in [1.54, 1.807) is 6.07 Å². The van der Waals surface area contributed by atoms with Crippen LogP contribution in [0.25, 0.3) is 10.2 Å². The number of rotatable bonds is 6. The predicted molar refractivity (Wildman–Crippen MR) is 118 cm³/mol. The lowest BCUT2D eigenvalue weighted by atomic mass is 10.2. The molecule has 4 rings (SSSR count). The van der Waals surface area contributed by atoms with Gasteiger partial charge in [0.2, 0.25) is 0 Å². The molecule has 170 valence electrons. The summed E-state index contributed by atoms with van der Waals surface area (Å²) in [4.78, 5) is 21.5. The van der Waals surface area contributed by atoms with E-state index in [4.69, 9.17) is 4.74 Å². The number of morpholine rings is 1. The number of benzene rings is 2. The minimum Gasteiger partial charge on any atom is -0.379 e. The summed E-state index contributed by atoms with van der Waals surface area (Å²) < 4.78 is 56.9. The summed E-state index contributed by atoms with van der Waals surface area (Å²) in [7, 11) is -3.40. The fourth-order valence-corrected chi connectivity index (χ4v) is 5.13. The average Bonchev–Trinajstić information content (AvgIpc) is 3.19. The van der Waals surface area contributed by atoms with Crippen LogP contribution in [0, 0.1) is 11.6 Å². The molecule has 32 heavy (non-hydrogen) atoms. The van der Waals surface area contributed by atoms with Crippen LogP contribution in [-0.4, -0.2) is 69.9 Å². The smallest absolute Gasteiger partial charge is 0.260 e. The van der Waals surface area contributed by atoms with Crippen LogP contribution in [0.3, 0.4) is 0 Å². The van der Waals surface area contributed by atoms with Crippen LogP contribution in [0.4, 0.5) is 13.9 Å². The lowest BCUT2D eigenvalue weighted by molar-refractivity contribution is 0.0391. The van der Waals surface area contributed by atoms with Crippen LogP contribution in [0.1, 0.15) is 10.4 Å². The normalized spacial score (nSPS) is 15.2. The Hall–Kier alpha value is -2.47. The number of anilines is 1. The molecule has 1 aliphatic heterocycles. The Kier molecular flexibility index (Phi) is 6.52. The van der Waals surface area contributed by atoms with E-state index < -0.39 is 27.4 Å². The molecule has 1 aliphatic rings. The molecule has 7 nitrogen and oxygen atoms in total. The second-order valence-electron chi connectivity index (χ2n) is 7.44. The Morgan fingerprint density at radius 2 is 1.91 bits per heavy atom. The van der Waals surface area contributed by atoms with Crippen molar-refractivity contribution >= 4 is 42.4 Å². The van der Waals surface area contributed by atoms with Crippen molar-refractivity contribution in [2.45, 2.75) is 4.90 Å². The number of nitrogens with zero attached hydrogens (tertiary/aromatic N) is 3. The van der Waals surface area contributed by atoms with Crippen LogP contribution < -0.4 is 4.90 Å². The highest BCUT2D eigenvalue weighted by Crippen LogP contribution is 2.31. The first kappa shape index (κ1) is 22.7. The third-order valence-corrected chi connectivity index (χ3v) is 7.31. The van der Waals surface area contributed by atoms with Crippen molar-refractivity contribution in [3.05, 3.63) is 53.6 Å². The molecule has 1 saturated heterocycles. The van der Waals surface area contributed by atoms with Crippen molar-refractivity contribution < 1.29 is 26.7 Å². The zero-order chi connectivity index (χ0) is 22.9. The molecule has 0 aliphatic carbocycles. The van der Waals surface area contributed by atoms with Gasteiger partial charge in [-0.1, -0.05) is 11.3 Å². The summed E-state index contributed by atoms with van der Waals surface area (Å²) in [5, 5.41) is 0.355. The first-order chi connectivity index (χ1) is 15.2. The molecule has 1 amide bonds. The Labute approximate surface area is 188 Å². The second-order valence-corrected chi connectivity index (χ2v) is 10.5. The average molecular weight is 482 g/mol. The number of thiazole rings is 1. The Morgan fingerprint density at radius 3 is 2.59 bits per heavy atom. The van der Waals surface area contributed by atoms with Crippen molar-refractivity contribution in [1.29, 1.82) is 0 Å². The van der Waals surface area contributed by atoms with Gasteiger partial charge in [0.05, 0.1) is 28.3 Å². The number of carbonyl (C=O) groups is 1. The molecule has 0 bridgehead atoms. The standard InChI is InChI=1S/C21H21F2N3O4S2/c1-32(28,29)15-3-5-18-19(13-15)31-21(24-18)26(7-6-25-8-10-30-11-9-25)20(27)14-2-4-16(22)17(23)12-14/h2-5,12-13H,6-11H2,1H3. The zero-order valence-electron chi connectivity index (χ0n) is 17.3. The molecule has 0 radical (unpaired) electrons. The predicted octanol–water partition coefficient (Wildman–Crippen LogP) is 2.96. The number of amides is 1. The summed E-state index contributed by atoms with van der Waals surface area (Å²) in [6.07, 6.45) is 1.12. The van der Waals surface area contributed by atoms with Gasteiger partial charge >= 0.3 is 0 Å².